The van der Waals surface area contributed by atoms with E-state index in [0.717, 1.165) is 13.0 Å². The number of rotatable bonds is 5. The molecule has 1 atom stereocenters. The average molecular weight is 253 g/mol. The Morgan fingerprint density at radius 2 is 1.68 bits per heavy atom. The van der Waals surface area contributed by atoms with Gasteiger partial charge in [-0.05, 0) is 42.5 Å². The number of benzene rings is 2. The molecule has 0 bridgehead atoms. The van der Waals surface area contributed by atoms with Gasteiger partial charge in [-0.15, -0.1) is 0 Å². The Labute approximate surface area is 116 Å². The van der Waals surface area contributed by atoms with Gasteiger partial charge in [-0.2, -0.15) is 0 Å². The summed E-state index contributed by atoms with van der Waals surface area (Å²) >= 11 is 0. The number of aryl methyl sites for hydroxylation is 2. The molecule has 0 saturated heterocycles. The maximum Gasteiger partial charge on any atom is 0.0320 e. The van der Waals surface area contributed by atoms with E-state index in [2.05, 4.69) is 74.6 Å². The van der Waals surface area contributed by atoms with Crippen LogP contribution in [0.2, 0.25) is 0 Å². The Kier molecular flexibility index (Phi) is 4.75. The summed E-state index contributed by atoms with van der Waals surface area (Å²) in [4.78, 5) is 0. The van der Waals surface area contributed by atoms with Gasteiger partial charge < -0.3 is 5.32 Å². The van der Waals surface area contributed by atoms with Crippen molar-refractivity contribution in [2.24, 2.45) is 0 Å². The molecule has 1 heteroatoms. The van der Waals surface area contributed by atoms with Crippen molar-refractivity contribution >= 4 is 0 Å². The largest absolute Gasteiger partial charge is 0.306 e. The maximum atomic E-state index is 3.65. The van der Waals surface area contributed by atoms with Crippen LogP contribution in [0.5, 0.6) is 0 Å². The summed E-state index contributed by atoms with van der Waals surface area (Å²) in [5.41, 5.74) is 5.46. The van der Waals surface area contributed by atoms with Crippen LogP contribution in [0.4, 0.5) is 0 Å². The van der Waals surface area contributed by atoms with Crippen molar-refractivity contribution in [2.75, 3.05) is 0 Å². The molecule has 100 valence electrons. The molecule has 2 aromatic rings. The lowest BCUT2D eigenvalue weighted by Gasteiger charge is -2.18. The van der Waals surface area contributed by atoms with Gasteiger partial charge in [-0.25, -0.2) is 0 Å². The highest BCUT2D eigenvalue weighted by atomic mass is 14.9. The van der Waals surface area contributed by atoms with Crippen molar-refractivity contribution in [1.82, 2.24) is 5.32 Å². The van der Waals surface area contributed by atoms with Gasteiger partial charge in [-0.1, -0.05) is 55.5 Å². The van der Waals surface area contributed by atoms with Gasteiger partial charge in [0.25, 0.3) is 0 Å². The fraction of sp³-hybridized carbons (Fsp3) is 0.333. The molecule has 2 rings (SSSR count). The zero-order chi connectivity index (χ0) is 13.7. The first kappa shape index (κ1) is 13.8. The van der Waals surface area contributed by atoms with Gasteiger partial charge in [-0.3, -0.25) is 0 Å². The lowest BCUT2D eigenvalue weighted by Crippen LogP contribution is -2.20. The first-order valence-corrected chi connectivity index (χ1v) is 7.05. The van der Waals surface area contributed by atoms with Crippen molar-refractivity contribution in [1.29, 1.82) is 0 Å². The van der Waals surface area contributed by atoms with Crippen LogP contribution in [0.15, 0.2) is 48.5 Å². The molecule has 2 aromatic carbocycles. The SMILES string of the molecule is CCC(NCc1ccc(C)c(C)c1)c1ccccc1. The van der Waals surface area contributed by atoms with Gasteiger partial charge in [0.05, 0.1) is 0 Å². The molecule has 1 N–H and O–H groups in total. The summed E-state index contributed by atoms with van der Waals surface area (Å²) in [6.45, 7) is 7.48. The van der Waals surface area contributed by atoms with Crippen LogP contribution < -0.4 is 5.32 Å². The molecular weight excluding hydrogens is 230 g/mol. The molecule has 0 aromatic heterocycles. The smallest absolute Gasteiger partial charge is 0.0320 e. The Morgan fingerprint density at radius 3 is 2.32 bits per heavy atom. The Bertz CT molecular complexity index is 516. The third kappa shape index (κ3) is 3.68. The molecule has 0 fully saturated rings. The lowest BCUT2D eigenvalue weighted by atomic mass is 10.0. The van der Waals surface area contributed by atoms with E-state index in [1.807, 2.05) is 0 Å². The van der Waals surface area contributed by atoms with Crippen LogP contribution in [-0.2, 0) is 6.54 Å². The fourth-order valence-electron chi connectivity index (χ4n) is 2.34. The van der Waals surface area contributed by atoms with E-state index in [-0.39, 0.29) is 0 Å². The molecule has 19 heavy (non-hydrogen) atoms. The van der Waals surface area contributed by atoms with Crippen molar-refractivity contribution in [2.45, 2.75) is 39.8 Å². The molecule has 0 aliphatic carbocycles. The van der Waals surface area contributed by atoms with E-state index < -0.39 is 0 Å². The zero-order valence-corrected chi connectivity index (χ0v) is 12.1. The predicted molar refractivity (Wildman–Crippen MR) is 82.2 cm³/mol. The first-order valence-electron chi connectivity index (χ1n) is 7.05. The highest BCUT2D eigenvalue weighted by molar-refractivity contribution is 5.30. The average Bonchev–Trinajstić information content (AvgIpc) is 2.44. The predicted octanol–water partition coefficient (Wildman–Crippen LogP) is 4.54. The molecule has 0 spiro atoms. The summed E-state index contributed by atoms with van der Waals surface area (Å²) in [5.74, 6) is 0. The minimum Gasteiger partial charge on any atom is -0.306 e. The van der Waals surface area contributed by atoms with E-state index >= 15 is 0 Å². The second-order valence-corrected chi connectivity index (χ2v) is 5.17. The molecule has 0 amide bonds. The molecule has 0 heterocycles. The van der Waals surface area contributed by atoms with E-state index in [0.29, 0.717) is 6.04 Å². The van der Waals surface area contributed by atoms with Gasteiger partial charge in [0.2, 0.25) is 0 Å². The topological polar surface area (TPSA) is 12.0 Å². The lowest BCUT2D eigenvalue weighted by molar-refractivity contribution is 0.519. The molecule has 0 aliphatic rings. The third-order valence-corrected chi connectivity index (χ3v) is 3.73. The molecule has 1 nitrogen and oxygen atoms in total. The Hall–Kier alpha value is -1.60. The maximum absolute atomic E-state index is 3.65. The zero-order valence-electron chi connectivity index (χ0n) is 12.1. The van der Waals surface area contributed by atoms with Crippen LogP contribution in [0, 0.1) is 13.8 Å². The fourth-order valence-corrected chi connectivity index (χ4v) is 2.34. The van der Waals surface area contributed by atoms with Crippen molar-refractivity contribution in [3.8, 4) is 0 Å². The van der Waals surface area contributed by atoms with Crippen LogP contribution >= 0.6 is 0 Å². The van der Waals surface area contributed by atoms with Crippen molar-refractivity contribution in [3.05, 3.63) is 70.8 Å². The van der Waals surface area contributed by atoms with Crippen LogP contribution in [0.25, 0.3) is 0 Å². The summed E-state index contributed by atoms with van der Waals surface area (Å²) in [7, 11) is 0. The Balaban J connectivity index is 2.02. The molecule has 0 saturated carbocycles. The van der Waals surface area contributed by atoms with Gasteiger partial charge in [0.1, 0.15) is 0 Å². The Morgan fingerprint density at radius 1 is 0.947 bits per heavy atom. The van der Waals surface area contributed by atoms with Gasteiger partial charge in [0.15, 0.2) is 0 Å². The monoisotopic (exact) mass is 253 g/mol. The highest BCUT2D eigenvalue weighted by Crippen LogP contribution is 2.17. The number of hydrogen-bond acceptors (Lipinski definition) is 1. The minimum absolute atomic E-state index is 0.433. The molecule has 0 radical (unpaired) electrons. The van der Waals surface area contributed by atoms with E-state index in [9.17, 15) is 0 Å². The van der Waals surface area contributed by atoms with Crippen LogP contribution in [0.3, 0.4) is 0 Å². The summed E-state index contributed by atoms with van der Waals surface area (Å²) < 4.78 is 0. The first-order chi connectivity index (χ1) is 9.20. The summed E-state index contributed by atoms with van der Waals surface area (Å²) in [6.07, 6.45) is 1.11. The van der Waals surface area contributed by atoms with Gasteiger partial charge >= 0.3 is 0 Å². The van der Waals surface area contributed by atoms with Crippen molar-refractivity contribution < 1.29 is 0 Å². The quantitative estimate of drug-likeness (QED) is 0.824. The normalized spacial score (nSPS) is 12.4. The molecular formula is C18H23N. The van der Waals surface area contributed by atoms with E-state index in [1.54, 1.807) is 0 Å². The second-order valence-electron chi connectivity index (χ2n) is 5.17. The minimum atomic E-state index is 0.433. The standard InChI is InChI=1S/C18H23N/c1-4-18(17-8-6-5-7-9-17)19-13-16-11-10-14(2)15(3)12-16/h5-12,18-19H,4,13H2,1-3H3. The van der Waals surface area contributed by atoms with E-state index in [1.165, 1.54) is 22.3 Å². The number of nitrogens with one attached hydrogen (secondary N) is 1. The van der Waals surface area contributed by atoms with Crippen LogP contribution in [0.1, 0.15) is 41.6 Å². The van der Waals surface area contributed by atoms with Crippen molar-refractivity contribution in [3.63, 3.8) is 0 Å². The molecule has 0 aliphatic heterocycles. The van der Waals surface area contributed by atoms with E-state index in [4.69, 9.17) is 0 Å². The third-order valence-electron chi connectivity index (χ3n) is 3.73. The van der Waals surface area contributed by atoms with Gasteiger partial charge in [0, 0.05) is 12.6 Å². The summed E-state index contributed by atoms with van der Waals surface area (Å²) in [5, 5.41) is 3.65. The summed E-state index contributed by atoms with van der Waals surface area (Å²) in [6, 6.07) is 17.8. The number of hydrogen-bond donors (Lipinski definition) is 1. The second kappa shape index (κ2) is 6.53. The highest BCUT2D eigenvalue weighted by Gasteiger charge is 2.07. The molecule has 1 unspecified atom stereocenters. The van der Waals surface area contributed by atoms with Crippen LogP contribution in [-0.4, -0.2) is 0 Å².